The van der Waals surface area contributed by atoms with Crippen LogP contribution in [0.3, 0.4) is 0 Å². The SMILES string of the molecule is O=C(CS(=O)(=O)c1ccc(Cl)cc1)Nc1nc(-c2ccc3c(c2)OCCO3)cs1. The van der Waals surface area contributed by atoms with Crippen molar-refractivity contribution in [2.45, 2.75) is 4.90 Å². The number of nitrogens with one attached hydrogen (secondary N) is 1. The van der Waals surface area contributed by atoms with Crippen LogP contribution in [0.15, 0.2) is 52.7 Å². The highest BCUT2D eigenvalue weighted by Gasteiger charge is 2.20. The van der Waals surface area contributed by atoms with Crippen LogP contribution < -0.4 is 14.8 Å². The van der Waals surface area contributed by atoms with Crippen molar-refractivity contribution in [3.8, 4) is 22.8 Å². The number of nitrogens with zero attached hydrogens (tertiary/aromatic N) is 1. The molecule has 1 aliphatic rings. The van der Waals surface area contributed by atoms with Gasteiger partial charge >= 0.3 is 0 Å². The normalized spacial score (nSPS) is 13.1. The Morgan fingerprint density at radius 1 is 1.10 bits per heavy atom. The Labute approximate surface area is 176 Å². The fourth-order valence-electron chi connectivity index (χ4n) is 2.72. The standard InChI is InChI=1S/C19H15ClN2O5S2/c20-13-2-4-14(5-3-13)29(24,25)11-18(23)22-19-21-15(10-28-19)12-1-6-16-17(9-12)27-8-7-26-16/h1-6,9-10H,7-8,11H2,(H,21,22,23). The molecular formula is C19H15ClN2O5S2. The van der Waals surface area contributed by atoms with Crippen molar-refractivity contribution >= 4 is 43.8 Å². The minimum absolute atomic E-state index is 0.0353. The van der Waals surface area contributed by atoms with Gasteiger partial charge in [0.05, 0.1) is 10.6 Å². The number of sulfone groups is 1. The molecule has 4 rings (SSSR count). The quantitative estimate of drug-likeness (QED) is 0.637. The molecule has 0 aliphatic carbocycles. The van der Waals surface area contributed by atoms with Gasteiger partial charge < -0.3 is 14.8 Å². The molecule has 1 N–H and O–H groups in total. The fourth-order valence-corrected chi connectivity index (χ4v) is 4.72. The average Bonchev–Trinajstić information content (AvgIpc) is 3.15. The zero-order valence-electron chi connectivity index (χ0n) is 14.9. The third-order valence-corrected chi connectivity index (χ3v) is 6.72. The Kier molecular flexibility index (Phi) is 5.44. The van der Waals surface area contributed by atoms with E-state index in [2.05, 4.69) is 10.3 Å². The highest BCUT2D eigenvalue weighted by molar-refractivity contribution is 7.92. The number of benzene rings is 2. The number of carbonyl (C=O) groups excluding carboxylic acids is 1. The summed E-state index contributed by atoms with van der Waals surface area (Å²) in [5.74, 6) is -0.0336. The highest BCUT2D eigenvalue weighted by atomic mass is 35.5. The number of carbonyl (C=O) groups is 1. The molecule has 29 heavy (non-hydrogen) atoms. The number of ether oxygens (including phenoxy) is 2. The van der Waals surface area contributed by atoms with Crippen LogP contribution in [0.4, 0.5) is 5.13 Å². The minimum Gasteiger partial charge on any atom is -0.486 e. The third-order valence-electron chi connectivity index (χ3n) is 4.08. The van der Waals surface area contributed by atoms with E-state index >= 15 is 0 Å². The van der Waals surface area contributed by atoms with E-state index in [4.69, 9.17) is 21.1 Å². The van der Waals surface area contributed by atoms with E-state index in [-0.39, 0.29) is 4.90 Å². The first-order chi connectivity index (χ1) is 13.9. The second kappa shape index (κ2) is 8.02. The van der Waals surface area contributed by atoms with Gasteiger partial charge in [-0.05, 0) is 42.5 Å². The predicted molar refractivity (Wildman–Crippen MR) is 111 cm³/mol. The van der Waals surface area contributed by atoms with Crippen molar-refractivity contribution in [1.82, 2.24) is 4.98 Å². The van der Waals surface area contributed by atoms with E-state index in [1.807, 2.05) is 12.1 Å². The number of fused-ring (bicyclic) bond motifs is 1. The van der Waals surface area contributed by atoms with Crippen LogP contribution in [0.5, 0.6) is 11.5 Å². The van der Waals surface area contributed by atoms with Crippen molar-refractivity contribution in [3.63, 3.8) is 0 Å². The van der Waals surface area contributed by atoms with Crippen LogP contribution >= 0.6 is 22.9 Å². The van der Waals surface area contributed by atoms with Gasteiger partial charge in [-0.1, -0.05) is 11.6 Å². The maximum Gasteiger partial charge on any atom is 0.241 e. The van der Waals surface area contributed by atoms with Crippen molar-refractivity contribution < 1.29 is 22.7 Å². The lowest BCUT2D eigenvalue weighted by molar-refractivity contribution is -0.113. The summed E-state index contributed by atoms with van der Waals surface area (Å²) in [4.78, 5) is 16.6. The van der Waals surface area contributed by atoms with Gasteiger partial charge in [-0.15, -0.1) is 11.3 Å². The van der Waals surface area contributed by atoms with Crippen LogP contribution in [0.2, 0.25) is 5.02 Å². The number of amides is 1. The molecule has 1 aromatic heterocycles. The molecule has 0 atom stereocenters. The topological polar surface area (TPSA) is 94.6 Å². The van der Waals surface area contributed by atoms with Crippen LogP contribution in [-0.2, 0) is 14.6 Å². The Balaban J connectivity index is 1.45. The molecule has 10 heteroatoms. The van der Waals surface area contributed by atoms with Gasteiger partial charge in [0.2, 0.25) is 5.91 Å². The Morgan fingerprint density at radius 3 is 2.59 bits per heavy atom. The van der Waals surface area contributed by atoms with E-state index in [0.717, 1.165) is 5.56 Å². The Hall–Kier alpha value is -2.62. The van der Waals surface area contributed by atoms with E-state index in [1.54, 1.807) is 11.4 Å². The smallest absolute Gasteiger partial charge is 0.241 e. The number of aromatic nitrogens is 1. The molecule has 3 aromatic rings. The van der Waals surface area contributed by atoms with Gasteiger partial charge in [-0.25, -0.2) is 13.4 Å². The molecule has 0 saturated carbocycles. The Bertz CT molecular complexity index is 1160. The molecule has 0 bridgehead atoms. The number of halogens is 1. The first-order valence-electron chi connectivity index (χ1n) is 8.54. The van der Waals surface area contributed by atoms with Gasteiger partial charge in [0.15, 0.2) is 26.5 Å². The molecule has 150 valence electrons. The average molecular weight is 451 g/mol. The summed E-state index contributed by atoms with van der Waals surface area (Å²) < 4.78 is 35.8. The summed E-state index contributed by atoms with van der Waals surface area (Å²) in [5, 5.41) is 5.04. The van der Waals surface area contributed by atoms with Crippen molar-refractivity contribution in [3.05, 3.63) is 52.9 Å². The predicted octanol–water partition coefficient (Wildman–Crippen LogP) is 3.65. The molecule has 2 aromatic carbocycles. The van der Waals surface area contributed by atoms with Gasteiger partial charge in [-0.2, -0.15) is 0 Å². The summed E-state index contributed by atoms with van der Waals surface area (Å²) >= 11 is 6.98. The van der Waals surface area contributed by atoms with Crippen molar-refractivity contribution in [2.24, 2.45) is 0 Å². The summed E-state index contributed by atoms with van der Waals surface area (Å²) in [6, 6.07) is 11.1. The number of hydrogen-bond acceptors (Lipinski definition) is 7. The minimum atomic E-state index is -3.78. The van der Waals surface area contributed by atoms with Crippen LogP contribution in [0, 0.1) is 0 Å². The maximum absolute atomic E-state index is 12.4. The van der Waals surface area contributed by atoms with E-state index in [0.29, 0.717) is 40.6 Å². The third kappa shape index (κ3) is 4.52. The molecule has 1 amide bonds. The zero-order chi connectivity index (χ0) is 20.4. The number of hydrogen-bond donors (Lipinski definition) is 1. The van der Waals surface area contributed by atoms with E-state index in [1.165, 1.54) is 35.6 Å². The summed E-state index contributed by atoms with van der Waals surface area (Å²) in [6.07, 6.45) is 0. The number of thiazole rings is 1. The molecular weight excluding hydrogens is 436 g/mol. The molecule has 2 heterocycles. The molecule has 1 aliphatic heterocycles. The van der Waals surface area contributed by atoms with Crippen LogP contribution in [0.1, 0.15) is 0 Å². The van der Waals surface area contributed by atoms with Gasteiger partial charge in [0.1, 0.15) is 19.0 Å². The van der Waals surface area contributed by atoms with E-state index < -0.39 is 21.5 Å². The monoisotopic (exact) mass is 450 g/mol. The molecule has 0 fully saturated rings. The highest BCUT2D eigenvalue weighted by Crippen LogP contribution is 2.35. The van der Waals surface area contributed by atoms with E-state index in [9.17, 15) is 13.2 Å². The molecule has 0 saturated heterocycles. The largest absolute Gasteiger partial charge is 0.486 e. The molecule has 0 radical (unpaired) electrons. The van der Waals surface area contributed by atoms with Crippen LogP contribution in [-0.4, -0.2) is 38.3 Å². The lowest BCUT2D eigenvalue weighted by Gasteiger charge is -2.18. The number of rotatable bonds is 5. The van der Waals surface area contributed by atoms with Crippen molar-refractivity contribution in [2.75, 3.05) is 24.3 Å². The van der Waals surface area contributed by atoms with Gasteiger partial charge in [0, 0.05) is 16.0 Å². The second-order valence-electron chi connectivity index (χ2n) is 6.16. The number of anilines is 1. The first kappa shape index (κ1) is 19.7. The fraction of sp³-hybridized carbons (Fsp3) is 0.158. The van der Waals surface area contributed by atoms with Crippen LogP contribution in [0.25, 0.3) is 11.3 Å². The summed E-state index contributed by atoms with van der Waals surface area (Å²) in [6.45, 7) is 0.995. The lowest BCUT2D eigenvalue weighted by atomic mass is 10.1. The molecule has 7 nitrogen and oxygen atoms in total. The molecule has 0 unspecified atom stereocenters. The maximum atomic E-state index is 12.4. The van der Waals surface area contributed by atoms with Crippen molar-refractivity contribution in [1.29, 1.82) is 0 Å². The van der Waals surface area contributed by atoms with Gasteiger partial charge in [0.25, 0.3) is 0 Å². The Morgan fingerprint density at radius 2 is 1.83 bits per heavy atom. The zero-order valence-corrected chi connectivity index (χ0v) is 17.3. The summed E-state index contributed by atoms with van der Waals surface area (Å²) in [5.41, 5.74) is 1.45. The first-order valence-corrected chi connectivity index (χ1v) is 11.5. The second-order valence-corrected chi connectivity index (χ2v) is 9.44. The lowest BCUT2D eigenvalue weighted by Crippen LogP contribution is -2.22. The summed E-state index contributed by atoms with van der Waals surface area (Å²) in [7, 11) is -3.78. The molecule has 0 spiro atoms. The van der Waals surface area contributed by atoms with Gasteiger partial charge in [-0.3, -0.25) is 4.79 Å².